The minimum atomic E-state index is -3.85. The van der Waals surface area contributed by atoms with Gasteiger partial charge in [0.1, 0.15) is 0 Å². The Morgan fingerprint density at radius 3 is 2.67 bits per heavy atom. The molecule has 0 fully saturated rings. The standard InChI is InChI=1S/C14H19N3O3S/c1-10-6-7-13(12(9-10)5-4-8-15)21(19,20)17-11(2)14(18)16-3/h6-7,9,11,17H,8,15H2,1-3H3,(H,16,18). The lowest BCUT2D eigenvalue weighted by Crippen LogP contribution is -2.43. The number of amides is 1. The summed E-state index contributed by atoms with van der Waals surface area (Å²) >= 11 is 0. The van der Waals surface area contributed by atoms with Gasteiger partial charge < -0.3 is 11.1 Å². The van der Waals surface area contributed by atoms with Gasteiger partial charge in [-0.3, -0.25) is 4.79 Å². The fraction of sp³-hybridized carbons (Fsp3) is 0.357. The molecule has 0 heterocycles. The summed E-state index contributed by atoms with van der Waals surface area (Å²) in [6, 6.07) is 3.93. The molecular weight excluding hydrogens is 290 g/mol. The lowest BCUT2D eigenvalue weighted by atomic mass is 10.1. The molecule has 0 saturated heterocycles. The van der Waals surface area contributed by atoms with Gasteiger partial charge in [-0.25, -0.2) is 8.42 Å². The van der Waals surface area contributed by atoms with Crippen LogP contribution in [0, 0.1) is 18.8 Å². The molecule has 21 heavy (non-hydrogen) atoms. The number of likely N-dealkylation sites (N-methyl/N-ethyl adjacent to an activating group) is 1. The van der Waals surface area contributed by atoms with Crippen LogP contribution in [0.1, 0.15) is 18.1 Å². The maximum Gasteiger partial charge on any atom is 0.242 e. The summed E-state index contributed by atoms with van der Waals surface area (Å²) in [5.74, 6) is 4.96. The summed E-state index contributed by atoms with van der Waals surface area (Å²) in [7, 11) is -2.40. The van der Waals surface area contributed by atoms with Crippen LogP contribution in [-0.2, 0) is 14.8 Å². The average Bonchev–Trinajstić information content (AvgIpc) is 2.43. The number of aryl methyl sites for hydroxylation is 1. The molecule has 1 aromatic carbocycles. The Labute approximate surface area is 125 Å². The zero-order valence-corrected chi connectivity index (χ0v) is 13.0. The van der Waals surface area contributed by atoms with E-state index < -0.39 is 22.0 Å². The van der Waals surface area contributed by atoms with Gasteiger partial charge >= 0.3 is 0 Å². The summed E-state index contributed by atoms with van der Waals surface area (Å²) in [5.41, 5.74) is 6.56. The average molecular weight is 309 g/mol. The van der Waals surface area contributed by atoms with Gasteiger partial charge in [-0.05, 0) is 31.5 Å². The Bertz CT molecular complexity index is 687. The molecule has 6 nitrogen and oxygen atoms in total. The molecule has 1 unspecified atom stereocenters. The molecule has 1 aromatic rings. The topological polar surface area (TPSA) is 101 Å². The molecule has 0 aliphatic carbocycles. The van der Waals surface area contributed by atoms with Crippen molar-refractivity contribution in [2.24, 2.45) is 5.73 Å². The second-order valence-corrected chi connectivity index (χ2v) is 6.15. The molecule has 1 rings (SSSR count). The molecule has 4 N–H and O–H groups in total. The molecule has 0 saturated carbocycles. The van der Waals surface area contributed by atoms with E-state index in [0.717, 1.165) is 5.56 Å². The van der Waals surface area contributed by atoms with Gasteiger partial charge in [-0.1, -0.05) is 17.9 Å². The third-order valence-electron chi connectivity index (χ3n) is 2.72. The molecule has 0 radical (unpaired) electrons. The third-order valence-corrected chi connectivity index (χ3v) is 4.32. The Kier molecular flexibility index (Phi) is 5.90. The predicted molar refractivity (Wildman–Crippen MR) is 81.0 cm³/mol. The highest BCUT2D eigenvalue weighted by Crippen LogP contribution is 2.17. The van der Waals surface area contributed by atoms with Gasteiger partial charge in [0.05, 0.1) is 17.5 Å². The zero-order valence-electron chi connectivity index (χ0n) is 12.2. The van der Waals surface area contributed by atoms with E-state index in [1.165, 1.54) is 20.0 Å². The third kappa shape index (κ3) is 4.56. The van der Waals surface area contributed by atoms with E-state index in [1.54, 1.807) is 12.1 Å². The number of carbonyl (C=O) groups is 1. The van der Waals surface area contributed by atoms with Crippen LogP contribution in [0.15, 0.2) is 23.1 Å². The molecular formula is C14H19N3O3S. The normalized spacial score (nSPS) is 12.2. The summed E-state index contributed by atoms with van der Waals surface area (Å²) in [6.45, 7) is 3.44. The number of hydrogen-bond donors (Lipinski definition) is 3. The van der Waals surface area contributed by atoms with E-state index in [4.69, 9.17) is 5.73 Å². The number of sulfonamides is 1. The van der Waals surface area contributed by atoms with Crippen molar-refractivity contribution in [1.82, 2.24) is 10.0 Å². The minimum Gasteiger partial charge on any atom is -0.358 e. The smallest absolute Gasteiger partial charge is 0.242 e. The summed E-state index contributed by atoms with van der Waals surface area (Å²) in [6.07, 6.45) is 0. The van der Waals surface area contributed by atoms with Crippen molar-refractivity contribution < 1.29 is 13.2 Å². The highest BCUT2D eigenvalue weighted by molar-refractivity contribution is 7.89. The SMILES string of the molecule is CNC(=O)C(C)NS(=O)(=O)c1ccc(C)cc1C#CCN. The molecule has 0 spiro atoms. The molecule has 1 atom stereocenters. The number of hydrogen-bond acceptors (Lipinski definition) is 4. The Balaban J connectivity index is 3.22. The first kappa shape index (κ1) is 17.2. The van der Waals surface area contributed by atoms with Crippen LogP contribution in [-0.4, -0.2) is 34.0 Å². The molecule has 114 valence electrons. The van der Waals surface area contributed by atoms with Crippen molar-refractivity contribution in [2.45, 2.75) is 24.8 Å². The van der Waals surface area contributed by atoms with Gasteiger partial charge in [0.2, 0.25) is 15.9 Å². The first-order valence-electron chi connectivity index (χ1n) is 6.35. The number of nitrogens with two attached hydrogens (primary N) is 1. The quantitative estimate of drug-likeness (QED) is 0.666. The summed E-state index contributed by atoms with van der Waals surface area (Å²) < 4.78 is 27.1. The molecule has 7 heteroatoms. The summed E-state index contributed by atoms with van der Waals surface area (Å²) in [5, 5.41) is 2.39. The van der Waals surface area contributed by atoms with Crippen molar-refractivity contribution in [1.29, 1.82) is 0 Å². The van der Waals surface area contributed by atoms with Gasteiger partial charge in [-0.2, -0.15) is 4.72 Å². The minimum absolute atomic E-state index is 0.0322. The predicted octanol–water partition coefficient (Wildman–Crippen LogP) is -0.282. The van der Waals surface area contributed by atoms with Gasteiger partial charge in [0.25, 0.3) is 0 Å². The highest BCUT2D eigenvalue weighted by atomic mass is 32.2. The highest BCUT2D eigenvalue weighted by Gasteiger charge is 2.23. The van der Waals surface area contributed by atoms with Crippen molar-refractivity contribution in [3.05, 3.63) is 29.3 Å². The molecule has 0 aliphatic heterocycles. The van der Waals surface area contributed by atoms with Gasteiger partial charge in [0, 0.05) is 12.6 Å². The van der Waals surface area contributed by atoms with Crippen LogP contribution < -0.4 is 15.8 Å². The number of benzene rings is 1. The van der Waals surface area contributed by atoms with Crippen molar-refractivity contribution in [3.63, 3.8) is 0 Å². The number of rotatable bonds is 4. The molecule has 0 aromatic heterocycles. The Morgan fingerprint density at radius 2 is 2.10 bits per heavy atom. The zero-order chi connectivity index (χ0) is 16.0. The van der Waals surface area contributed by atoms with Crippen LogP contribution >= 0.6 is 0 Å². The summed E-state index contributed by atoms with van der Waals surface area (Å²) in [4.78, 5) is 11.5. The van der Waals surface area contributed by atoms with Crippen LogP contribution in [0.5, 0.6) is 0 Å². The van der Waals surface area contributed by atoms with E-state index in [-0.39, 0.29) is 11.4 Å². The monoisotopic (exact) mass is 309 g/mol. The van der Waals surface area contributed by atoms with Crippen LogP contribution in [0.3, 0.4) is 0 Å². The van der Waals surface area contributed by atoms with E-state index >= 15 is 0 Å². The second kappa shape index (κ2) is 7.22. The first-order valence-corrected chi connectivity index (χ1v) is 7.83. The number of nitrogens with one attached hydrogen (secondary N) is 2. The van der Waals surface area contributed by atoms with Gasteiger partial charge in [0.15, 0.2) is 0 Å². The maximum atomic E-state index is 12.4. The number of carbonyl (C=O) groups excluding carboxylic acids is 1. The van der Waals surface area contributed by atoms with Crippen LogP contribution in [0.25, 0.3) is 0 Å². The van der Waals surface area contributed by atoms with Crippen LogP contribution in [0.4, 0.5) is 0 Å². The van der Waals surface area contributed by atoms with Crippen LogP contribution in [0.2, 0.25) is 0 Å². The Morgan fingerprint density at radius 1 is 1.43 bits per heavy atom. The fourth-order valence-corrected chi connectivity index (χ4v) is 3.03. The van der Waals surface area contributed by atoms with Crippen molar-refractivity contribution >= 4 is 15.9 Å². The molecule has 0 bridgehead atoms. The van der Waals surface area contributed by atoms with E-state index in [0.29, 0.717) is 5.56 Å². The van der Waals surface area contributed by atoms with Gasteiger partial charge in [-0.15, -0.1) is 0 Å². The van der Waals surface area contributed by atoms with E-state index in [1.807, 2.05) is 6.92 Å². The fourth-order valence-electron chi connectivity index (χ4n) is 1.69. The van der Waals surface area contributed by atoms with E-state index in [2.05, 4.69) is 21.9 Å². The van der Waals surface area contributed by atoms with Crippen molar-refractivity contribution in [2.75, 3.05) is 13.6 Å². The maximum absolute atomic E-state index is 12.4. The molecule has 0 aliphatic rings. The van der Waals surface area contributed by atoms with E-state index in [9.17, 15) is 13.2 Å². The van der Waals surface area contributed by atoms with Crippen molar-refractivity contribution in [3.8, 4) is 11.8 Å². The first-order chi connectivity index (χ1) is 9.81. The lowest BCUT2D eigenvalue weighted by Gasteiger charge is -2.14. The molecule has 1 amide bonds. The Hall–Kier alpha value is -1.88. The lowest BCUT2D eigenvalue weighted by molar-refractivity contribution is -0.121. The largest absolute Gasteiger partial charge is 0.358 e. The second-order valence-electron chi connectivity index (χ2n) is 4.46.